The Kier molecular flexibility index (Phi) is 5.78. The molecule has 1 heterocycles. The van der Waals surface area contributed by atoms with E-state index in [1.165, 1.54) is 0 Å². The van der Waals surface area contributed by atoms with Gasteiger partial charge in [0.2, 0.25) is 0 Å². The van der Waals surface area contributed by atoms with Gasteiger partial charge in [0.05, 0.1) is 18.0 Å². The number of ether oxygens (including phenoxy) is 1. The largest absolute Gasteiger partial charge is 0.461 e. The van der Waals surface area contributed by atoms with Crippen molar-refractivity contribution in [2.24, 2.45) is 10.9 Å². The highest BCUT2D eigenvalue weighted by Crippen LogP contribution is 2.32. The summed E-state index contributed by atoms with van der Waals surface area (Å²) in [6.07, 6.45) is 1.83. The first-order valence-electron chi connectivity index (χ1n) is 7.52. The standard InChI is InChI=1S/C17H18ClN3O2/c1-3-11(4-2)10-23-17(22)12(9-19)15-16(18)21-14-8-6-5-7-13(14)20-15/h5-8,11,20H,3-4,10H2,1-2H3/b15-12-. The highest BCUT2D eigenvalue weighted by Gasteiger charge is 2.24. The van der Waals surface area contributed by atoms with Crippen molar-refractivity contribution in [2.45, 2.75) is 26.7 Å². The Morgan fingerprint density at radius 1 is 1.39 bits per heavy atom. The molecule has 0 aliphatic carbocycles. The van der Waals surface area contributed by atoms with E-state index in [1.54, 1.807) is 12.1 Å². The average Bonchev–Trinajstić information content (AvgIpc) is 2.57. The van der Waals surface area contributed by atoms with Gasteiger partial charge in [0.25, 0.3) is 0 Å². The summed E-state index contributed by atoms with van der Waals surface area (Å²) in [7, 11) is 0. The average molecular weight is 332 g/mol. The molecule has 120 valence electrons. The van der Waals surface area contributed by atoms with Gasteiger partial charge in [0.15, 0.2) is 10.7 Å². The Morgan fingerprint density at radius 2 is 2.09 bits per heavy atom. The number of benzene rings is 1. The van der Waals surface area contributed by atoms with E-state index in [2.05, 4.69) is 10.3 Å². The first-order chi connectivity index (χ1) is 11.1. The number of carbonyl (C=O) groups is 1. The molecule has 6 heteroatoms. The second-order valence-corrected chi connectivity index (χ2v) is 5.55. The third-order valence-electron chi connectivity index (χ3n) is 3.76. The van der Waals surface area contributed by atoms with Gasteiger partial charge in [-0.15, -0.1) is 0 Å². The molecule has 1 aromatic rings. The molecule has 0 amide bonds. The van der Waals surface area contributed by atoms with Gasteiger partial charge >= 0.3 is 5.97 Å². The van der Waals surface area contributed by atoms with Crippen LogP contribution in [0.4, 0.5) is 11.4 Å². The summed E-state index contributed by atoms with van der Waals surface area (Å²) in [5.41, 5.74) is 1.36. The molecule has 0 spiro atoms. The van der Waals surface area contributed by atoms with Crippen LogP contribution < -0.4 is 5.32 Å². The number of fused-ring (bicyclic) bond motifs is 1. The first-order valence-corrected chi connectivity index (χ1v) is 7.90. The summed E-state index contributed by atoms with van der Waals surface area (Å²) < 4.78 is 5.26. The lowest BCUT2D eigenvalue weighted by Gasteiger charge is -2.18. The number of hydrogen-bond donors (Lipinski definition) is 1. The quantitative estimate of drug-likeness (QED) is 0.500. The van der Waals surface area contributed by atoms with Crippen LogP contribution in [0.25, 0.3) is 0 Å². The smallest absolute Gasteiger partial charge is 0.351 e. The molecule has 0 saturated heterocycles. The van der Waals surface area contributed by atoms with Crippen LogP contribution in [0.1, 0.15) is 26.7 Å². The van der Waals surface area contributed by atoms with Crippen LogP contribution in [0, 0.1) is 17.2 Å². The van der Waals surface area contributed by atoms with Crippen LogP contribution in [-0.2, 0) is 9.53 Å². The molecule has 0 radical (unpaired) electrons. The maximum Gasteiger partial charge on any atom is 0.351 e. The fraction of sp³-hybridized carbons (Fsp3) is 0.353. The minimum atomic E-state index is -0.686. The fourth-order valence-corrected chi connectivity index (χ4v) is 2.42. The van der Waals surface area contributed by atoms with Crippen LogP contribution >= 0.6 is 11.6 Å². The van der Waals surface area contributed by atoms with E-state index in [0.717, 1.165) is 12.8 Å². The highest BCUT2D eigenvalue weighted by molar-refractivity contribution is 6.70. The summed E-state index contributed by atoms with van der Waals surface area (Å²) in [4.78, 5) is 16.4. The molecule has 2 rings (SSSR count). The predicted molar refractivity (Wildman–Crippen MR) is 90.7 cm³/mol. The number of nitrogens with one attached hydrogen (secondary N) is 1. The zero-order chi connectivity index (χ0) is 16.8. The topological polar surface area (TPSA) is 74.5 Å². The monoisotopic (exact) mass is 331 g/mol. The van der Waals surface area contributed by atoms with Crippen molar-refractivity contribution in [2.75, 3.05) is 11.9 Å². The number of rotatable bonds is 5. The van der Waals surface area contributed by atoms with E-state index in [0.29, 0.717) is 11.4 Å². The second kappa shape index (κ2) is 7.80. The molecule has 1 aliphatic rings. The summed E-state index contributed by atoms with van der Waals surface area (Å²) in [5.74, 6) is -0.400. The summed E-state index contributed by atoms with van der Waals surface area (Å²) >= 11 is 6.12. The number of nitriles is 1. The van der Waals surface area contributed by atoms with Gasteiger partial charge in [-0.3, -0.25) is 0 Å². The van der Waals surface area contributed by atoms with Crippen LogP contribution in [0.2, 0.25) is 0 Å². The molecule has 0 unspecified atom stereocenters. The third kappa shape index (κ3) is 3.91. The molecule has 1 N–H and O–H groups in total. The lowest BCUT2D eigenvalue weighted by molar-refractivity contribution is -0.140. The summed E-state index contributed by atoms with van der Waals surface area (Å²) in [5, 5.41) is 12.4. The molecule has 0 atom stereocenters. The number of esters is 1. The van der Waals surface area contributed by atoms with Crippen molar-refractivity contribution >= 4 is 34.1 Å². The second-order valence-electron chi connectivity index (χ2n) is 5.19. The molecule has 23 heavy (non-hydrogen) atoms. The van der Waals surface area contributed by atoms with Crippen molar-refractivity contribution in [3.63, 3.8) is 0 Å². The molecular weight excluding hydrogens is 314 g/mol. The van der Waals surface area contributed by atoms with E-state index in [-0.39, 0.29) is 29.0 Å². The van der Waals surface area contributed by atoms with Gasteiger partial charge in [-0.25, -0.2) is 9.79 Å². The zero-order valence-corrected chi connectivity index (χ0v) is 13.9. The summed E-state index contributed by atoms with van der Waals surface area (Å²) in [6, 6.07) is 9.12. The Balaban J connectivity index is 2.24. The number of carbonyl (C=O) groups excluding carboxylic acids is 1. The van der Waals surface area contributed by atoms with E-state index in [1.807, 2.05) is 32.0 Å². The van der Waals surface area contributed by atoms with E-state index in [9.17, 15) is 10.1 Å². The minimum absolute atomic E-state index is 0.0692. The molecule has 0 aromatic heterocycles. The van der Waals surface area contributed by atoms with Crippen molar-refractivity contribution in [3.8, 4) is 6.07 Å². The highest BCUT2D eigenvalue weighted by atomic mass is 35.5. The lowest BCUT2D eigenvalue weighted by atomic mass is 10.1. The molecule has 5 nitrogen and oxygen atoms in total. The Hall–Kier alpha value is -2.32. The molecule has 0 saturated carbocycles. The first kappa shape index (κ1) is 17.0. The van der Waals surface area contributed by atoms with Crippen molar-refractivity contribution < 1.29 is 9.53 Å². The minimum Gasteiger partial charge on any atom is -0.461 e. The van der Waals surface area contributed by atoms with E-state index < -0.39 is 5.97 Å². The predicted octanol–water partition coefficient (Wildman–Crippen LogP) is 4.14. The van der Waals surface area contributed by atoms with Crippen molar-refractivity contribution in [1.29, 1.82) is 5.26 Å². The maximum absolute atomic E-state index is 12.2. The van der Waals surface area contributed by atoms with E-state index >= 15 is 0 Å². The number of anilines is 1. The van der Waals surface area contributed by atoms with Gasteiger partial charge in [-0.05, 0) is 18.1 Å². The van der Waals surface area contributed by atoms with Crippen LogP contribution in [-0.4, -0.2) is 17.7 Å². The third-order valence-corrected chi connectivity index (χ3v) is 4.03. The zero-order valence-electron chi connectivity index (χ0n) is 13.1. The van der Waals surface area contributed by atoms with Crippen molar-refractivity contribution in [1.82, 2.24) is 0 Å². The molecular formula is C17H18ClN3O2. The van der Waals surface area contributed by atoms with E-state index in [4.69, 9.17) is 16.3 Å². The Morgan fingerprint density at radius 3 is 2.74 bits per heavy atom. The molecule has 1 aliphatic heterocycles. The van der Waals surface area contributed by atoms with Crippen LogP contribution in [0.5, 0.6) is 0 Å². The number of allylic oxidation sites excluding steroid dienone is 1. The van der Waals surface area contributed by atoms with Gasteiger partial charge in [0, 0.05) is 0 Å². The fourth-order valence-electron chi connectivity index (χ4n) is 2.18. The van der Waals surface area contributed by atoms with Crippen LogP contribution in [0.3, 0.4) is 0 Å². The van der Waals surface area contributed by atoms with Crippen LogP contribution in [0.15, 0.2) is 40.5 Å². The van der Waals surface area contributed by atoms with Gasteiger partial charge in [0.1, 0.15) is 11.8 Å². The molecule has 1 aromatic carbocycles. The Bertz CT molecular complexity index is 700. The number of aliphatic imine (C=N–C) groups is 1. The number of nitrogens with zero attached hydrogens (tertiary/aromatic N) is 2. The SMILES string of the molecule is CCC(CC)COC(=O)/C(C#N)=C1\Nc2ccccc2N=C1Cl. The molecule has 0 bridgehead atoms. The normalized spacial score (nSPS) is 15.2. The Labute approximate surface area is 140 Å². The molecule has 0 fully saturated rings. The number of para-hydroxylation sites is 2. The van der Waals surface area contributed by atoms with Crippen molar-refractivity contribution in [3.05, 3.63) is 35.5 Å². The summed E-state index contributed by atoms with van der Waals surface area (Å²) in [6.45, 7) is 4.36. The lowest BCUT2D eigenvalue weighted by Crippen LogP contribution is -2.20. The number of hydrogen-bond acceptors (Lipinski definition) is 5. The maximum atomic E-state index is 12.2. The van der Waals surface area contributed by atoms with Gasteiger partial charge in [-0.2, -0.15) is 5.26 Å². The van der Waals surface area contributed by atoms with Gasteiger partial charge < -0.3 is 10.1 Å². The van der Waals surface area contributed by atoms with Gasteiger partial charge in [-0.1, -0.05) is 50.4 Å². The number of halogens is 1.